The van der Waals surface area contributed by atoms with E-state index in [2.05, 4.69) is 31.9 Å². The summed E-state index contributed by atoms with van der Waals surface area (Å²) in [5.74, 6) is -2.89. The monoisotopic (exact) mass is 608 g/mol. The van der Waals surface area contributed by atoms with Gasteiger partial charge in [0.1, 0.15) is 0 Å². The van der Waals surface area contributed by atoms with Crippen molar-refractivity contribution in [1.29, 1.82) is 0 Å². The SMILES string of the molecule is O=C(c1ccc([N+](=O)[O-])cc1)N(Cc1ccc([N+](=O)[O-])cc1)N1C(=O)[C@@H]2C[C@H](Br)[C@@H](Br)C[C@H]2C1=O. The minimum atomic E-state index is -0.704. The average molecular weight is 610 g/mol. The van der Waals surface area contributed by atoms with Gasteiger partial charge in [0.2, 0.25) is 0 Å². The van der Waals surface area contributed by atoms with Crippen molar-refractivity contribution in [2.75, 3.05) is 0 Å². The summed E-state index contributed by atoms with van der Waals surface area (Å²) in [6.45, 7) is -0.208. The molecular formula is C22H18Br2N4O7. The molecule has 3 amide bonds. The van der Waals surface area contributed by atoms with Gasteiger partial charge in [-0.15, -0.1) is 0 Å². The number of imide groups is 1. The van der Waals surface area contributed by atoms with Gasteiger partial charge in [0, 0.05) is 39.5 Å². The minimum absolute atomic E-state index is 0.0195. The Kier molecular flexibility index (Phi) is 6.99. The van der Waals surface area contributed by atoms with Crippen LogP contribution < -0.4 is 0 Å². The Morgan fingerprint density at radius 3 is 1.71 bits per heavy atom. The van der Waals surface area contributed by atoms with Crippen molar-refractivity contribution in [3.8, 4) is 0 Å². The van der Waals surface area contributed by atoms with E-state index in [4.69, 9.17) is 0 Å². The van der Waals surface area contributed by atoms with E-state index in [9.17, 15) is 34.6 Å². The molecule has 2 fully saturated rings. The molecule has 2 aliphatic rings. The van der Waals surface area contributed by atoms with Crippen LogP contribution in [0.4, 0.5) is 11.4 Å². The molecule has 182 valence electrons. The van der Waals surface area contributed by atoms with Crippen LogP contribution in [0, 0.1) is 32.1 Å². The lowest BCUT2D eigenvalue weighted by molar-refractivity contribution is -0.385. The van der Waals surface area contributed by atoms with Gasteiger partial charge in [0.25, 0.3) is 29.1 Å². The summed E-state index contributed by atoms with van der Waals surface area (Å²) in [6.07, 6.45) is 0.831. The van der Waals surface area contributed by atoms with E-state index in [1.165, 1.54) is 36.4 Å². The molecular weight excluding hydrogens is 592 g/mol. The standard InChI is InChI=1S/C22H18Br2N4O7/c23-18-9-16-17(10-19(18)24)22(31)26(21(16)30)25(11-12-1-5-14(6-2-12)27(32)33)20(29)13-3-7-15(8-4-13)28(34)35/h1-8,16-19H,9-11H2/t16-,17-,18+,19+/m1/s1. The van der Waals surface area contributed by atoms with Crippen LogP contribution in [0.1, 0.15) is 28.8 Å². The Balaban J connectivity index is 1.70. The molecule has 0 aromatic heterocycles. The second-order valence-electron chi connectivity index (χ2n) is 8.29. The van der Waals surface area contributed by atoms with Gasteiger partial charge >= 0.3 is 0 Å². The molecule has 0 bridgehead atoms. The third-order valence-corrected chi connectivity index (χ3v) is 8.90. The molecule has 0 unspecified atom stereocenters. The molecule has 35 heavy (non-hydrogen) atoms. The fourth-order valence-corrected chi connectivity index (χ4v) is 5.56. The zero-order valence-electron chi connectivity index (χ0n) is 18.0. The topological polar surface area (TPSA) is 144 Å². The molecule has 1 aliphatic carbocycles. The van der Waals surface area contributed by atoms with E-state index in [0.29, 0.717) is 18.4 Å². The van der Waals surface area contributed by atoms with Gasteiger partial charge in [-0.3, -0.25) is 34.6 Å². The van der Waals surface area contributed by atoms with Crippen LogP contribution in [0.25, 0.3) is 0 Å². The molecule has 1 heterocycles. The first-order valence-corrected chi connectivity index (χ1v) is 12.4. The maximum Gasteiger partial charge on any atom is 0.273 e. The maximum absolute atomic E-state index is 13.5. The van der Waals surface area contributed by atoms with E-state index < -0.39 is 39.4 Å². The summed E-state index contributed by atoms with van der Waals surface area (Å²) >= 11 is 7.06. The predicted octanol–water partition coefficient (Wildman–Crippen LogP) is 3.98. The molecule has 1 saturated heterocycles. The van der Waals surface area contributed by atoms with E-state index >= 15 is 0 Å². The highest BCUT2D eigenvalue weighted by Gasteiger charge is 2.54. The highest BCUT2D eigenvalue weighted by atomic mass is 79.9. The molecule has 4 rings (SSSR count). The number of carbonyl (C=O) groups is 3. The number of hydrogen-bond donors (Lipinski definition) is 0. The quantitative estimate of drug-likeness (QED) is 0.208. The first-order valence-electron chi connectivity index (χ1n) is 10.5. The van der Waals surface area contributed by atoms with E-state index in [0.717, 1.165) is 22.2 Å². The number of carbonyl (C=O) groups excluding carboxylic acids is 3. The predicted molar refractivity (Wildman–Crippen MR) is 130 cm³/mol. The average Bonchev–Trinajstić information content (AvgIpc) is 3.06. The molecule has 0 N–H and O–H groups in total. The highest BCUT2D eigenvalue weighted by molar-refractivity contribution is 9.12. The fraction of sp³-hybridized carbons (Fsp3) is 0.318. The Morgan fingerprint density at radius 2 is 1.29 bits per heavy atom. The Bertz CT molecular complexity index is 1180. The van der Waals surface area contributed by atoms with Crippen molar-refractivity contribution in [2.45, 2.75) is 29.0 Å². The lowest BCUT2D eigenvalue weighted by Crippen LogP contribution is -2.49. The lowest BCUT2D eigenvalue weighted by atomic mass is 9.81. The second kappa shape index (κ2) is 9.82. The number of rotatable bonds is 6. The normalized spacial score (nSPS) is 23.7. The number of nitro groups is 2. The summed E-state index contributed by atoms with van der Waals surface area (Å²) in [5, 5.41) is 23.8. The first-order chi connectivity index (χ1) is 16.6. The van der Waals surface area contributed by atoms with Crippen LogP contribution in [0.2, 0.25) is 0 Å². The molecule has 4 atom stereocenters. The number of hydrazine groups is 1. The zero-order valence-corrected chi connectivity index (χ0v) is 21.1. The van der Waals surface area contributed by atoms with Gasteiger partial charge in [-0.1, -0.05) is 44.0 Å². The molecule has 2 aromatic carbocycles. The molecule has 13 heteroatoms. The van der Waals surface area contributed by atoms with Gasteiger partial charge < -0.3 is 0 Å². The van der Waals surface area contributed by atoms with Crippen molar-refractivity contribution in [3.63, 3.8) is 0 Å². The van der Waals surface area contributed by atoms with E-state index in [1.54, 1.807) is 0 Å². The summed E-state index contributed by atoms with van der Waals surface area (Å²) in [4.78, 5) is 61.0. The van der Waals surface area contributed by atoms with Crippen LogP contribution in [0.3, 0.4) is 0 Å². The van der Waals surface area contributed by atoms with Crippen LogP contribution in [-0.2, 0) is 16.1 Å². The van der Waals surface area contributed by atoms with Crippen LogP contribution in [-0.4, -0.2) is 47.2 Å². The summed E-state index contributed by atoms with van der Waals surface area (Å²) in [5.41, 5.74) is 0.144. The maximum atomic E-state index is 13.5. The lowest BCUT2D eigenvalue weighted by Gasteiger charge is -2.30. The van der Waals surface area contributed by atoms with Crippen LogP contribution in [0.15, 0.2) is 48.5 Å². The van der Waals surface area contributed by atoms with Gasteiger partial charge in [-0.05, 0) is 30.5 Å². The minimum Gasteiger partial charge on any atom is -0.272 e. The third-order valence-electron chi connectivity index (χ3n) is 6.17. The summed E-state index contributed by atoms with van der Waals surface area (Å²) in [6, 6.07) is 10.2. The van der Waals surface area contributed by atoms with Crippen LogP contribution >= 0.6 is 31.9 Å². The van der Waals surface area contributed by atoms with Crippen LogP contribution in [0.5, 0.6) is 0 Å². The number of fused-ring (bicyclic) bond motifs is 1. The van der Waals surface area contributed by atoms with E-state index in [-0.39, 0.29) is 33.1 Å². The number of amides is 3. The zero-order chi connectivity index (χ0) is 25.4. The summed E-state index contributed by atoms with van der Waals surface area (Å²) < 4.78 is 0. The summed E-state index contributed by atoms with van der Waals surface area (Å²) in [7, 11) is 0. The second-order valence-corrected chi connectivity index (χ2v) is 10.6. The number of nitrogens with zero attached hydrogens (tertiary/aromatic N) is 4. The number of hydrogen-bond acceptors (Lipinski definition) is 7. The number of alkyl halides is 2. The largest absolute Gasteiger partial charge is 0.273 e. The Morgan fingerprint density at radius 1 is 0.857 bits per heavy atom. The molecule has 2 aromatic rings. The number of nitro benzene ring substituents is 2. The van der Waals surface area contributed by atoms with Crippen molar-refractivity contribution >= 4 is 61.0 Å². The van der Waals surface area contributed by atoms with Gasteiger partial charge in [-0.2, -0.15) is 5.01 Å². The number of non-ortho nitro benzene ring substituents is 2. The van der Waals surface area contributed by atoms with Crippen molar-refractivity contribution in [2.24, 2.45) is 11.8 Å². The number of halogens is 2. The molecule has 0 spiro atoms. The van der Waals surface area contributed by atoms with Gasteiger partial charge in [-0.25, -0.2) is 5.01 Å². The molecule has 11 nitrogen and oxygen atoms in total. The molecule has 1 aliphatic heterocycles. The number of benzene rings is 2. The van der Waals surface area contributed by atoms with Crippen molar-refractivity contribution < 1.29 is 24.2 Å². The van der Waals surface area contributed by atoms with E-state index in [1.807, 2.05) is 0 Å². The smallest absolute Gasteiger partial charge is 0.272 e. The fourth-order valence-electron chi connectivity index (χ4n) is 4.32. The highest BCUT2D eigenvalue weighted by Crippen LogP contribution is 2.44. The molecule has 1 saturated carbocycles. The third kappa shape index (κ3) is 4.82. The Labute approximate surface area is 215 Å². The van der Waals surface area contributed by atoms with Crippen molar-refractivity contribution in [1.82, 2.24) is 10.0 Å². The first kappa shape index (κ1) is 24.9. The molecule has 0 radical (unpaired) electrons. The van der Waals surface area contributed by atoms with Crippen molar-refractivity contribution in [3.05, 3.63) is 79.9 Å². The van der Waals surface area contributed by atoms with Gasteiger partial charge in [0.05, 0.1) is 28.2 Å². The Hall–Kier alpha value is -3.19. The van der Waals surface area contributed by atoms with Gasteiger partial charge in [0.15, 0.2) is 0 Å².